The molecule has 1 aliphatic rings. The summed E-state index contributed by atoms with van der Waals surface area (Å²) in [6.07, 6.45) is 2.23. The van der Waals surface area contributed by atoms with Crippen LogP contribution in [0, 0.1) is 0 Å². The number of aromatic nitrogens is 3. The Morgan fingerprint density at radius 1 is 1.40 bits per heavy atom. The lowest BCUT2D eigenvalue weighted by atomic mass is 10.2. The molecule has 106 valence electrons. The van der Waals surface area contributed by atoms with E-state index < -0.39 is 0 Å². The first-order chi connectivity index (χ1) is 9.83. The zero-order valence-electron chi connectivity index (χ0n) is 11.1. The van der Waals surface area contributed by atoms with Crippen LogP contribution in [0.3, 0.4) is 0 Å². The molecule has 0 amide bonds. The quantitative estimate of drug-likeness (QED) is 0.856. The fraction of sp³-hybridized carbons (Fsp3) is 0.429. The Hall–Kier alpha value is -1.53. The first-order valence-corrected chi connectivity index (χ1v) is 7.75. The second-order valence-corrected chi connectivity index (χ2v) is 5.77. The molecule has 1 N–H and O–H groups in total. The third-order valence-electron chi connectivity index (χ3n) is 3.34. The Morgan fingerprint density at radius 2 is 2.25 bits per heavy atom. The zero-order chi connectivity index (χ0) is 13.8. The van der Waals surface area contributed by atoms with E-state index in [0.29, 0.717) is 6.54 Å². The molecule has 0 spiro atoms. The van der Waals surface area contributed by atoms with Crippen LogP contribution < -0.4 is 5.69 Å². The smallest absolute Gasteiger partial charge is 0.344 e. The molecule has 3 rings (SSSR count). The number of benzene rings is 1. The monoisotopic (exact) mass is 291 g/mol. The highest BCUT2D eigenvalue weighted by Gasteiger charge is 2.19. The fourth-order valence-corrected chi connectivity index (χ4v) is 3.20. The standard InChI is InChI=1S/C14H17N3O2S/c18-13-15-16-14(17(13)9-12-7-4-8-19-12)20-10-11-5-2-1-3-6-11/h1-3,5-6,12H,4,7-10H2,(H,15,18)/t12-/m1/s1. The Labute approximate surface area is 121 Å². The maximum atomic E-state index is 11.8. The molecule has 0 radical (unpaired) electrons. The van der Waals surface area contributed by atoms with Gasteiger partial charge in [0.15, 0.2) is 5.16 Å². The van der Waals surface area contributed by atoms with Crippen molar-refractivity contribution in [2.24, 2.45) is 0 Å². The summed E-state index contributed by atoms with van der Waals surface area (Å²) >= 11 is 1.57. The molecule has 1 aliphatic heterocycles. The highest BCUT2D eigenvalue weighted by molar-refractivity contribution is 7.98. The van der Waals surface area contributed by atoms with Crippen LogP contribution in [0.5, 0.6) is 0 Å². The van der Waals surface area contributed by atoms with Crippen molar-refractivity contribution in [1.29, 1.82) is 0 Å². The van der Waals surface area contributed by atoms with E-state index in [9.17, 15) is 4.79 Å². The van der Waals surface area contributed by atoms with E-state index in [2.05, 4.69) is 22.3 Å². The van der Waals surface area contributed by atoms with Crippen molar-refractivity contribution in [3.05, 3.63) is 46.4 Å². The maximum Gasteiger partial charge on any atom is 0.344 e. The van der Waals surface area contributed by atoms with Crippen LogP contribution in [0.1, 0.15) is 18.4 Å². The number of ether oxygens (including phenoxy) is 1. The summed E-state index contributed by atoms with van der Waals surface area (Å²) in [5, 5.41) is 7.37. The number of rotatable bonds is 5. The number of H-pyrrole nitrogens is 1. The molecule has 0 bridgehead atoms. The lowest BCUT2D eigenvalue weighted by Gasteiger charge is -2.10. The van der Waals surface area contributed by atoms with Gasteiger partial charge >= 0.3 is 5.69 Å². The normalized spacial score (nSPS) is 18.5. The Kier molecular flexibility index (Phi) is 4.22. The molecule has 2 heterocycles. The van der Waals surface area contributed by atoms with Crippen molar-refractivity contribution >= 4 is 11.8 Å². The molecule has 20 heavy (non-hydrogen) atoms. The Balaban J connectivity index is 1.68. The molecule has 2 aromatic rings. The van der Waals surface area contributed by atoms with Crippen molar-refractivity contribution in [3.8, 4) is 0 Å². The highest BCUT2D eigenvalue weighted by Crippen LogP contribution is 2.21. The molecule has 0 saturated carbocycles. The van der Waals surface area contributed by atoms with E-state index in [1.165, 1.54) is 5.56 Å². The first kappa shape index (κ1) is 13.5. The molecule has 1 atom stereocenters. The number of nitrogens with one attached hydrogen (secondary N) is 1. The Morgan fingerprint density at radius 3 is 3.00 bits per heavy atom. The number of aromatic amines is 1. The molecular weight excluding hydrogens is 274 g/mol. The largest absolute Gasteiger partial charge is 0.376 e. The van der Waals surface area contributed by atoms with Crippen molar-refractivity contribution in [3.63, 3.8) is 0 Å². The van der Waals surface area contributed by atoms with Crippen molar-refractivity contribution in [2.45, 2.75) is 36.4 Å². The summed E-state index contributed by atoms with van der Waals surface area (Å²) in [5.74, 6) is 0.802. The molecule has 1 aromatic heterocycles. The minimum atomic E-state index is -0.156. The van der Waals surface area contributed by atoms with Crippen LogP contribution in [0.2, 0.25) is 0 Å². The van der Waals surface area contributed by atoms with Crippen LogP contribution in [0.15, 0.2) is 40.3 Å². The summed E-state index contributed by atoms with van der Waals surface area (Å²) in [4.78, 5) is 11.8. The SMILES string of the molecule is O=c1[nH]nc(SCc2ccccc2)n1C[C@H]1CCCO1. The second-order valence-electron chi connectivity index (χ2n) is 4.83. The fourth-order valence-electron chi connectivity index (χ4n) is 2.29. The van der Waals surface area contributed by atoms with Crippen LogP contribution in [0.4, 0.5) is 0 Å². The van der Waals surface area contributed by atoms with Gasteiger partial charge in [0.05, 0.1) is 12.6 Å². The van der Waals surface area contributed by atoms with Crippen LogP contribution in [-0.2, 0) is 17.0 Å². The summed E-state index contributed by atoms with van der Waals surface area (Å²) in [7, 11) is 0. The highest BCUT2D eigenvalue weighted by atomic mass is 32.2. The predicted octanol–water partition coefficient (Wildman–Crippen LogP) is 2.04. The van der Waals surface area contributed by atoms with Crippen LogP contribution in [-0.4, -0.2) is 27.5 Å². The van der Waals surface area contributed by atoms with Crippen molar-refractivity contribution in [2.75, 3.05) is 6.61 Å². The maximum absolute atomic E-state index is 11.8. The lowest BCUT2D eigenvalue weighted by Crippen LogP contribution is -2.24. The van der Waals surface area contributed by atoms with Crippen LogP contribution in [0.25, 0.3) is 0 Å². The molecule has 0 unspecified atom stereocenters. The second kappa shape index (κ2) is 6.28. The van der Waals surface area contributed by atoms with Gasteiger partial charge in [-0.15, -0.1) is 5.10 Å². The van der Waals surface area contributed by atoms with Gasteiger partial charge in [0.1, 0.15) is 0 Å². The lowest BCUT2D eigenvalue weighted by molar-refractivity contribution is 0.0941. The van der Waals surface area contributed by atoms with Gasteiger partial charge in [0.25, 0.3) is 0 Å². The zero-order valence-corrected chi connectivity index (χ0v) is 11.9. The number of thioether (sulfide) groups is 1. The average Bonchev–Trinajstić information content (AvgIpc) is 3.10. The molecular formula is C14H17N3O2S. The van der Waals surface area contributed by atoms with Gasteiger partial charge < -0.3 is 4.74 Å². The van der Waals surface area contributed by atoms with Gasteiger partial charge in [0, 0.05) is 12.4 Å². The minimum absolute atomic E-state index is 0.140. The third kappa shape index (κ3) is 3.13. The van der Waals surface area contributed by atoms with Crippen LogP contribution >= 0.6 is 11.8 Å². The van der Waals surface area contributed by atoms with Crippen molar-refractivity contribution in [1.82, 2.24) is 14.8 Å². The number of hydrogen-bond donors (Lipinski definition) is 1. The molecule has 1 saturated heterocycles. The summed E-state index contributed by atoms with van der Waals surface area (Å²) in [6, 6.07) is 10.2. The molecule has 6 heteroatoms. The van der Waals surface area contributed by atoms with E-state index in [1.54, 1.807) is 16.3 Å². The van der Waals surface area contributed by atoms with E-state index >= 15 is 0 Å². The van der Waals surface area contributed by atoms with E-state index in [0.717, 1.165) is 30.4 Å². The van der Waals surface area contributed by atoms with E-state index in [-0.39, 0.29) is 11.8 Å². The molecule has 1 aromatic carbocycles. The average molecular weight is 291 g/mol. The number of hydrogen-bond acceptors (Lipinski definition) is 4. The van der Waals surface area contributed by atoms with Gasteiger partial charge in [-0.3, -0.25) is 4.57 Å². The third-order valence-corrected chi connectivity index (χ3v) is 4.39. The van der Waals surface area contributed by atoms with Gasteiger partial charge in [0.2, 0.25) is 0 Å². The molecule has 1 fully saturated rings. The Bertz CT molecular complexity index is 602. The molecule has 0 aliphatic carbocycles. The van der Waals surface area contributed by atoms with Gasteiger partial charge in [-0.25, -0.2) is 9.89 Å². The van der Waals surface area contributed by atoms with Gasteiger partial charge in [-0.1, -0.05) is 42.1 Å². The van der Waals surface area contributed by atoms with Gasteiger partial charge in [-0.05, 0) is 18.4 Å². The predicted molar refractivity (Wildman–Crippen MR) is 77.8 cm³/mol. The number of nitrogens with zero attached hydrogens (tertiary/aromatic N) is 2. The van der Waals surface area contributed by atoms with Gasteiger partial charge in [-0.2, -0.15) is 0 Å². The van der Waals surface area contributed by atoms with E-state index in [4.69, 9.17) is 4.74 Å². The topological polar surface area (TPSA) is 59.9 Å². The minimum Gasteiger partial charge on any atom is -0.376 e. The molecule has 5 nitrogen and oxygen atoms in total. The van der Waals surface area contributed by atoms with Crippen molar-refractivity contribution < 1.29 is 4.74 Å². The van der Waals surface area contributed by atoms with E-state index in [1.807, 2.05) is 18.2 Å². The summed E-state index contributed by atoms with van der Waals surface area (Å²) < 4.78 is 7.27. The summed E-state index contributed by atoms with van der Waals surface area (Å²) in [6.45, 7) is 1.39. The first-order valence-electron chi connectivity index (χ1n) is 6.76. The summed E-state index contributed by atoms with van der Waals surface area (Å²) in [5.41, 5.74) is 1.06.